The molecule has 162 valence electrons. The highest BCUT2D eigenvalue weighted by molar-refractivity contribution is 5.74. The van der Waals surface area contributed by atoms with E-state index < -0.39 is 4.92 Å². The molecule has 1 aromatic carbocycles. The van der Waals surface area contributed by atoms with Crippen molar-refractivity contribution in [1.29, 1.82) is 0 Å². The molecule has 2 heterocycles. The molecule has 0 radical (unpaired) electrons. The van der Waals surface area contributed by atoms with Crippen molar-refractivity contribution in [3.63, 3.8) is 0 Å². The maximum Gasteiger partial charge on any atom is 0.353 e. The first-order chi connectivity index (χ1) is 14.6. The van der Waals surface area contributed by atoms with E-state index in [1.807, 2.05) is 17.0 Å². The number of benzene rings is 1. The zero-order valence-electron chi connectivity index (χ0n) is 17.2. The predicted octanol–water partition coefficient (Wildman–Crippen LogP) is 2.42. The van der Waals surface area contributed by atoms with Crippen molar-refractivity contribution in [2.24, 2.45) is 0 Å². The Balaban J connectivity index is 1.74. The van der Waals surface area contributed by atoms with Gasteiger partial charge in [-0.25, -0.2) is 9.97 Å². The van der Waals surface area contributed by atoms with Crippen LogP contribution in [0.3, 0.4) is 0 Å². The molecule has 1 fully saturated rings. The lowest BCUT2D eigenvalue weighted by Crippen LogP contribution is -2.47. The van der Waals surface area contributed by atoms with E-state index in [0.717, 1.165) is 18.6 Å². The van der Waals surface area contributed by atoms with Gasteiger partial charge in [-0.15, -0.1) is 0 Å². The maximum absolute atomic E-state index is 11.8. The number of aliphatic hydroxyl groups is 1. The summed E-state index contributed by atoms with van der Waals surface area (Å²) < 4.78 is 5.65. The first-order valence-corrected chi connectivity index (χ1v) is 10.2. The zero-order chi connectivity index (χ0) is 21.3. The van der Waals surface area contributed by atoms with Gasteiger partial charge in [0.05, 0.1) is 18.1 Å². The van der Waals surface area contributed by atoms with Crippen LogP contribution in [0.1, 0.15) is 19.8 Å². The van der Waals surface area contributed by atoms with Crippen molar-refractivity contribution in [1.82, 2.24) is 14.9 Å². The van der Waals surface area contributed by atoms with Gasteiger partial charge in [0.1, 0.15) is 12.1 Å². The fraction of sp³-hybridized carbons (Fsp3) is 0.500. The summed E-state index contributed by atoms with van der Waals surface area (Å²) in [5.74, 6) is 1.22. The molecular weight excluding hydrogens is 388 g/mol. The van der Waals surface area contributed by atoms with Gasteiger partial charge in [0, 0.05) is 38.4 Å². The van der Waals surface area contributed by atoms with Crippen LogP contribution in [0.2, 0.25) is 0 Å². The highest BCUT2D eigenvalue weighted by atomic mass is 16.6. The van der Waals surface area contributed by atoms with E-state index in [1.165, 1.54) is 6.33 Å². The number of nitro groups is 1. The molecule has 10 heteroatoms. The van der Waals surface area contributed by atoms with Gasteiger partial charge in [0.2, 0.25) is 11.6 Å². The van der Waals surface area contributed by atoms with Crippen LogP contribution in [0.25, 0.3) is 0 Å². The Morgan fingerprint density at radius 2 is 1.93 bits per heavy atom. The molecule has 0 unspecified atom stereocenters. The normalized spacial score (nSPS) is 14.5. The number of β-amino-alcohol motifs (C(OH)–C–C–N with tert-alkyl or cyclic N) is 1. The van der Waals surface area contributed by atoms with Crippen molar-refractivity contribution < 1.29 is 14.8 Å². The zero-order valence-corrected chi connectivity index (χ0v) is 17.2. The number of nitrogens with one attached hydrogen (secondary N) is 1. The number of unbranched alkanes of at least 4 members (excludes halogenated alkanes) is 1. The van der Waals surface area contributed by atoms with Gasteiger partial charge in [-0.2, -0.15) is 0 Å². The SMILES string of the molecule is CCCCOc1ccc(Nc2ncnc(N3CCN(CCO)CC3)c2[N+](=O)[O-])cc1. The van der Waals surface area contributed by atoms with Gasteiger partial charge in [-0.05, 0) is 30.7 Å². The molecule has 0 atom stereocenters. The molecule has 10 nitrogen and oxygen atoms in total. The lowest BCUT2D eigenvalue weighted by molar-refractivity contribution is -0.383. The maximum atomic E-state index is 11.8. The molecule has 3 rings (SSSR count). The van der Waals surface area contributed by atoms with Crippen LogP contribution in [0.5, 0.6) is 5.75 Å². The lowest BCUT2D eigenvalue weighted by atomic mass is 10.2. The minimum Gasteiger partial charge on any atom is -0.494 e. The first kappa shape index (κ1) is 21.7. The Kier molecular flexibility index (Phi) is 7.75. The Bertz CT molecular complexity index is 825. The Labute approximate surface area is 175 Å². The van der Waals surface area contributed by atoms with Crippen LogP contribution in [0, 0.1) is 10.1 Å². The molecule has 1 saturated heterocycles. The highest BCUT2D eigenvalue weighted by Crippen LogP contribution is 2.34. The molecule has 1 aliphatic rings. The lowest BCUT2D eigenvalue weighted by Gasteiger charge is -2.34. The average molecular weight is 416 g/mol. The minimum absolute atomic E-state index is 0.101. The van der Waals surface area contributed by atoms with Gasteiger partial charge >= 0.3 is 5.69 Å². The van der Waals surface area contributed by atoms with Crippen molar-refractivity contribution in [3.05, 3.63) is 40.7 Å². The Morgan fingerprint density at radius 3 is 2.57 bits per heavy atom. The molecule has 0 spiro atoms. The fourth-order valence-corrected chi connectivity index (χ4v) is 3.29. The number of rotatable bonds is 10. The van der Waals surface area contributed by atoms with Crippen LogP contribution >= 0.6 is 0 Å². The first-order valence-electron chi connectivity index (χ1n) is 10.2. The number of hydrogen-bond donors (Lipinski definition) is 2. The number of aromatic nitrogens is 2. The Hall–Kier alpha value is -2.98. The van der Waals surface area contributed by atoms with Gasteiger partial charge < -0.3 is 20.1 Å². The molecule has 0 amide bonds. The van der Waals surface area contributed by atoms with Crippen LogP contribution in [0.15, 0.2) is 30.6 Å². The Morgan fingerprint density at radius 1 is 1.20 bits per heavy atom. The molecular formula is C20H28N6O4. The largest absolute Gasteiger partial charge is 0.494 e. The minimum atomic E-state index is -0.444. The van der Waals surface area contributed by atoms with Crippen molar-refractivity contribution in [2.45, 2.75) is 19.8 Å². The summed E-state index contributed by atoms with van der Waals surface area (Å²) in [6.45, 7) is 6.09. The number of ether oxygens (including phenoxy) is 1. The summed E-state index contributed by atoms with van der Waals surface area (Å²) in [6.07, 6.45) is 3.40. The average Bonchev–Trinajstić information content (AvgIpc) is 2.75. The molecule has 1 aromatic heterocycles. The third kappa shape index (κ3) is 5.55. The van der Waals surface area contributed by atoms with Crippen molar-refractivity contribution >= 4 is 23.0 Å². The smallest absolute Gasteiger partial charge is 0.353 e. The molecule has 0 aliphatic carbocycles. The monoisotopic (exact) mass is 416 g/mol. The van der Waals surface area contributed by atoms with Crippen molar-refractivity contribution in [2.75, 3.05) is 56.2 Å². The second kappa shape index (κ2) is 10.7. The molecule has 2 aromatic rings. The van der Waals surface area contributed by atoms with Crippen LogP contribution in [-0.4, -0.2) is 70.8 Å². The number of piperazine rings is 1. The van der Waals surface area contributed by atoms with Gasteiger partial charge in [0.25, 0.3) is 0 Å². The highest BCUT2D eigenvalue weighted by Gasteiger charge is 2.29. The van der Waals surface area contributed by atoms with E-state index in [0.29, 0.717) is 50.8 Å². The van der Waals surface area contributed by atoms with Crippen LogP contribution < -0.4 is 15.0 Å². The fourth-order valence-electron chi connectivity index (χ4n) is 3.29. The predicted molar refractivity (Wildman–Crippen MR) is 115 cm³/mol. The molecule has 1 aliphatic heterocycles. The molecule has 0 saturated carbocycles. The third-order valence-electron chi connectivity index (χ3n) is 4.96. The van der Waals surface area contributed by atoms with Crippen molar-refractivity contribution in [3.8, 4) is 5.75 Å². The van der Waals surface area contributed by atoms with Gasteiger partial charge in [-0.3, -0.25) is 15.0 Å². The number of hydrogen-bond acceptors (Lipinski definition) is 9. The number of nitrogens with zero attached hydrogens (tertiary/aromatic N) is 5. The third-order valence-corrected chi connectivity index (χ3v) is 4.96. The summed E-state index contributed by atoms with van der Waals surface area (Å²) in [7, 11) is 0. The van der Waals surface area contributed by atoms with Crippen LogP contribution in [0.4, 0.5) is 23.0 Å². The van der Waals surface area contributed by atoms with Gasteiger partial charge in [-0.1, -0.05) is 13.3 Å². The van der Waals surface area contributed by atoms with E-state index in [9.17, 15) is 10.1 Å². The van der Waals surface area contributed by atoms with Crippen LogP contribution in [-0.2, 0) is 0 Å². The standard InChI is InChI=1S/C20H28N6O4/c1-2-3-14-30-17-6-4-16(5-7-17)23-19-18(26(28)29)20(22-15-21-19)25-10-8-24(9-11-25)12-13-27/h4-7,15,27H,2-3,8-14H2,1H3,(H,21,22,23). The van der Waals surface area contributed by atoms with E-state index in [1.54, 1.807) is 12.1 Å². The second-order valence-electron chi connectivity index (χ2n) is 7.06. The number of aliphatic hydroxyl groups excluding tert-OH is 1. The summed E-state index contributed by atoms with van der Waals surface area (Å²) in [6, 6.07) is 7.26. The quantitative estimate of drug-likeness (QED) is 0.342. The summed E-state index contributed by atoms with van der Waals surface area (Å²) in [4.78, 5) is 23.7. The molecule has 0 bridgehead atoms. The summed E-state index contributed by atoms with van der Waals surface area (Å²) in [5.41, 5.74) is 0.537. The topological polar surface area (TPSA) is 117 Å². The van der Waals surface area contributed by atoms with E-state index in [2.05, 4.69) is 27.1 Å². The summed E-state index contributed by atoms with van der Waals surface area (Å²) >= 11 is 0. The van der Waals surface area contributed by atoms with E-state index in [4.69, 9.17) is 9.84 Å². The molecule has 2 N–H and O–H groups in total. The number of anilines is 3. The molecule has 30 heavy (non-hydrogen) atoms. The second-order valence-corrected chi connectivity index (χ2v) is 7.06. The van der Waals surface area contributed by atoms with E-state index >= 15 is 0 Å². The van der Waals surface area contributed by atoms with Gasteiger partial charge in [0.15, 0.2) is 0 Å². The van der Waals surface area contributed by atoms with E-state index in [-0.39, 0.29) is 18.1 Å². The summed E-state index contributed by atoms with van der Waals surface area (Å²) in [5, 5.41) is 24.0.